The van der Waals surface area contributed by atoms with Crippen LogP contribution in [-0.4, -0.2) is 22.9 Å². The first kappa shape index (κ1) is 19.2. The van der Waals surface area contributed by atoms with Gasteiger partial charge in [-0.05, 0) is 49.0 Å². The third-order valence-corrected chi connectivity index (χ3v) is 7.76. The molecule has 4 rings (SSSR count). The number of carbonyl (C=O) groups excluding carboxylic acids is 2. The Morgan fingerprint density at radius 1 is 1.25 bits per heavy atom. The molecule has 6 nitrogen and oxygen atoms in total. The number of fused-ring (bicyclic) bond motifs is 3. The maximum atomic E-state index is 13.0. The van der Waals surface area contributed by atoms with Crippen molar-refractivity contribution in [1.29, 1.82) is 0 Å². The lowest BCUT2D eigenvalue weighted by molar-refractivity contribution is -0.146. The van der Waals surface area contributed by atoms with E-state index in [9.17, 15) is 19.5 Å². The van der Waals surface area contributed by atoms with Crippen molar-refractivity contribution < 1.29 is 19.5 Å². The van der Waals surface area contributed by atoms with Gasteiger partial charge in [0.2, 0.25) is 5.91 Å². The molecule has 1 heterocycles. The van der Waals surface area contributed by atoms with Gasteiger partial charge < -0.3 is 16.2 Å². The molecule has 0 radical (unpaired) electrons. The Labute approximate surface area is 168 Å². The van der Waals surface area contributed by atoms with Crippen LogP contribution < -0.4 is 11.1 Å². The van der Waals surface area contributed by atoms with Gasteiger partial charge in [0.1, 0.15) is 5.00 Å². The predicted molar refractivity (Wildman–Crippen MR) is 107 cm³/mol. The number of aliphatic carboxylic acids is 1. The van der Waals surface area contributed by atoms with Gasteiger partial charge in [0, 0.05) is 4.88 Å². The van der Waals surface area contributed by atoms with E-state index >= 15 is 0 Å². The van der Waals surface area contributed by atoms with Gasteiger partial charge in [0.25, 0.3) is 5.91 Å². The molecular weight excluding hydrogens is 376 g/mol. The van der Waals surface area contributed by atoms with Gasteiger partial charge in [-0.15, -0.1) is 11.3 Å². The minimum atomic E-state index is -0.931. The highest BCUT2D eigenvalue weighted by Crippen LogP contribution is 2.49. The zero-order valence-electron chi connectivity index (χ0n) is 15.9. The molecule has 1 saturated carbocycles. The number of carbonyl (C=O) groups is 3. The van der Waals surface area contributed by atoms with Crippen LogP contribution in [0.2, 0.25) is 0 Å². The Morgan fingerprint density at radius 3 is 2.61 bits per heavy atom. The Kier molecular flexibility index (Phi) is 5.04. The SMILES string of the molecule is CCC[C@H]1CCc2c(sc(NC(=O)[C@@H]3[C@@H](C(=O)O)[C@H]4C=C[C@@H]3C4)c2C(N)=O)C1. The smallest absolute Gasteiger partial charge is 0.307 e. The van der Waals surface area contributed by atoms with Crippen molar-refractivity contribution in [3.63, 3.8) is 0 Å². The number of hydrogen-bond donors (Lipinski definition) is 3. The fourth-order valence-corrected chi connectivity index (χ4v) is 6.74. The summed E-state index contributed by atoms with van der Waals surface area (Å²) >= 11 is 1.44. The van der Waals surface area contributed by atoms with Crippen LogP contribution in [0.15, 0.2) is 12.2 Å². The van der Waals surface area contributed by atoms with Crippen molar-refractivity contribution in [3.05, 3.63) is 28.2 Å². The Bertz CT molecular complexity index is 859. The van der Waals surface area contributed by atoms with E-state index in [1.807, 2.05) is 12.2 Å². The van der Waals surface area contributed by atoms with Crippen LogP contribution in [0, 0.1) is 29.6 Å². The summed E-state index contributed by atoms with van der Waals surface area (Å²) in [5, 5.41) is 13.0. The lowest BCUT2D eigenvalue weighted by Crippen LogP contribution is -2.36. The van der Waals surface area contributed by atoms with E-state index in [2.05, 4.69) is 12.2 Å². The van der Waals surface area contributed by atoms with Gasteiger partial charge in [-0.3, -0.25) is 14.4 Å². The standard InChI is InChI=1S/C21H26N2O4S/c1-2-3-10-4-7-13-14(8-10)28-20(17(13)18(22)24)23-19(25)15-11-5-6-12(9-11)16(15)21(26)27/h5-6,10-12,15-16H,2-4,7-9H2,1H3,(H2,22,24)(H,23,25)(H,26,27)/t10-,11+,12-,15-,16-/m0/s1. The molecular formula is C21H26N2O4S. The van der Waals surface area contributed by atoms with Gasteiger partial charge in [-0.2, -0.15) is 0 Å². The highest BCUT2D eigenvalue weighted by atomic mass is 32.1. The molecule has 0 aromatic carbocycles. The third kappa shape index (κ3) is 3.15. The van der Waals surface area contributed by atoms with Crippen LogP contribution in [0.3, 0.4) is 0 Å². The van der Waals surface area contributed by atoms with Gasteiger partial charge in [0.05, 0.1) is 17.4 Å². The summed E-state index contributed by atoms with van der Waals surface area (Å²) in [4.78, 5) is 38.0. The lowest BCUT2D eigenvalue weighted by atomic mass is 9.82. The molecule has 5 atom stereocenters. The number of thiophene rings is 1. The maximum absolute atomic E-state index is 13.0. The molecule has 1 fully saturated rings. The molecule has 7 heteroatoms. The molecule has 0 unspecified atom stereocenters. The van der Waals surface area contributed by atoms with E-state index in [1.54, 1.807) is 0 Å². The molecule has 3 aliphatic rings. The number of rotatable bonds is 6. The normalized spacial score (nSPS) is 30.2. The van der Waals surface area contributed by atoms with Gasteiger partial charge >= 0.3 is 5.97 Å². The highest BCUT2D eigenvalue weighted by Gasteiger charge is 2.51. The summed E-state index contributed by atoms with van der Waals surface area (Å²) in [6.07, 6.45) is 9.62. The summed E-state index contributed by atoms with van der Waals surface area (Å²) < 4.78 is 0. The molecule has 1 aromatic rings. The van der Waals surface area contributed by atoms with Crippen LogP contribution in [0.1, 0.15) is 53.4 Å². The quantitative estimate of drug-likeness (QED) is 0.635. The van der Waals surface area contributed by atoms with Crippen molar-refractivity contribution in [3.8, 4) is 0 Å². The van der Waals surface area contributed by atoms with E-state index in [1.165, 1.54) is 11.3 Å². The van der Waals surface area contributed by atoms with E-state index in [0.29, 0.717) is 22.9 Å². The van der Waals surface area contributed by atoms with Gasteiger partial charge in [0.15, 0.2) is 0 Å². The van der Waals surface area contributed by atoms with Crippen LogP contribution in [0.5, 0.6) is 0 Å². The van der Waals surface area contributed by atoms with Crippen LogP contribution in [-0.2, 0) is 22.4 Å². The van der Waals surface area contributed by atoms with Crippen LogP contribution in [0.4, 0.5) is 5.00 Å². The zero-order valence-corrected chi connectivity index (χ0v) is 16.8. The minimum Gasteiger partial charge on any atom is -0.481 e. The molecule has 3 aliphatic carbocycles. The summed E-state index contributed by atoms with van der Waals surface area (Å²) in [6, 6.07) is 0. The fourth-order valence-electron chi connectivity index (χ4n) is 5.37. The summed E-state index contributed by atoms with van der Waals surface area (Å²) in [6.45, 7) is 2.17. The van der Waals surface area contributed by atoms with E-state index in [0.717, 1.165) is 42.5 Å². The Hall–Kier alpha value is -2.15. The fraction of sp³-hybridized carbons (Fsp3) is 0.571. The minimum absolute atomic E-state index is 0.0494. The molecule has 150 valence electrons. The molecule has 0 aliphatic heterocycles. The predicted octanol–water partition coefficient (Wildman–Crippen LogP) is 3.21. The zero-order chi connectivity index (χ0) is 20.0. The Morgan fingerprint density at radius 2 is 1.96 bits per heavy atom. The second kappa shape index (κ2) is 7.35. The lowest BCUT2D eigenvalue weighted by Gasteiger charge is -2.23. The monoisotopic (exact) mass is 402 g/mol. The highest BCUT2D eigenvalue weighted by molar-refractivity contribution is 7.17. The van der Waals surface area contributed by atoms with Crippen molar-refractivity contribution in [1.82, 2.24) is 0 Å². The average Bonchev–Trinajstić information content (AvgIpc) is 3.33. The number of allylic oxidation sites excluding steroid dienone is 2. The number of hydrogen-bond acceptors (Lipinski definition) is 4. The number of carboxylic acids is 1. The number of primary amides is 1. The molecule has 1 aromatic heterocycles. The van der Waals surface area contributed by atoms with Crippen molar-refractivity contribution in [2.45, 2.75) is 45.4 Å². The van der Waals surface area contributed by atoms with E-state index in [4.69, 9.17) is 5.73 Å². The number of nitrogens with two attached hydrogens (primary N) is 1. The molecule has 2 bridgehead atoms. The van der Waals surface area contributed by atoms with Crippen LogP contribution in [0.25, 0.3) is 0 Å². The van der Waals surface area contributed by atoms with Gasteiger partial charge in [-0.25, -0.2) is 0 Å². The average molecular weight is 403 g/mol. The number of carboxylic acid groups (broad SMARTS) is 1. The van der Waals surface area contributed by atoms with E-state index < -0.39 is 23.7 Å². The number of amides is 2. The molecule has 4 N–H and O–H groups in total. The number of nitrogens with one attached hydrogen (secondary N) is 1. The van der Waals surface area contributed by atoms with Gasteiger partial charge in [-0.1, -0.05) is 31.9 Å². The second-order valence-electron chi connectivity index (χ2n) is 8.30. The number of anilines is 1. The largest absolute Gasteiger partial charge is 0.481 e. The first-order chi connectivity index (χ1) is 13.4. The first-order valence-corrected chi connectivity index (χ1v) is 10.9. The summed E-state index contributed by atoms with van der Waals surface area (Å²) in [5.41, 5.74) is 7.05. The topological polar surface area (TPSA) is 109 Å². The summed E-state index contributed by atoms with van der Waals surface area (Å²) in [5.74, 6) is -2.59. The molecule has 28 heavy (non-hydrogen) atoms. The first-order valence-electron chi connectivity index (χ1n) is 10.1. The van der Waals surface area contributed by atoms with E-state index in [-0.39, 0.29) is 17.7 Å². The molecule has 2 amide bonds. The van der Waals surface area contributed by atoms with Crippen molar-refractivity contribution >= 4 is 34.1 Å². The molecule has 0 spiro atoms. The third-order valence-electron chi connectivity index (χ3n) is 6.59. The van der Waals surface area contributed by atoms with Crippen molar-refractivity contribution in [2.75, 3.05) is 5.32 Å². The van der Waals surface area contributed by atoms with Crippen LogP contribution >= 0.6 is 11.3 Å². The summed E-state index contributed by atoms with van der Waals surface area (Å²) in [7, 11) is 0. The molecule has 0 saturated heterocycles. The van der Waals surface area contributed by atoms with Crippen molar-refractivity contribution in [2.24, 2.45) is 35.3 Å². The second-order valence-corrected chi connectivity index (χ2v) is 9.40. The maximum Gasteiger partial charge on any atom is 0.307 e. The Balaban J connectivity index is 1.60.